The SMILES string of the molecule is CC(=O)OC[C@@H]1CC(OC(C)=O)C(OC(C)=O)O1. The third-order valence-corrected chi connectivity index (χ3v) is 2.20. The van der Waals surface area contributed by atoms with Gasteiger partial charge in [-0.2, -0.15) is 0 Å². The van der Waals surface area contributed by atoms with Crippen LogP contribution in [0.2, 0.25) is 0 Å². The van der Waals surface area contributed by atoms with Crippen molar-refractivity contribution in [3.8, 4) is 0 Å². The fraction of sp³-hybridized carbons (Fsp3) is 0.727. The van der Waals surface area contributed by atoms with Gasteiger partial charge in [0.1, 0.15) is 6.61 Å². The minimum atomic E-state index is -0.952. The van der Waals surface area contributed by atoms with Crippen LogP contribution in [-0.4, -0.2) is 43.0 Å². The average molecular weight is 260 g/mol. The van der Waals surface area contributed by atoms with Crippen LogP contribution in [0.25, 0.3) is 0 Å². The van der Waals surface area contributed by atoms with Crippen molar-refractivity contribution in [2.45, 2.75) is 45.7 Å². The molecule has 1 rings (SSSR count). The summed E-state index contributed by atoms with van der Waals surface area (Å²) in [5.41, 5.74) is 0. The molecule has 0 saturated carbocycles. The van der Waals surface area contributed by atoms with Crippen LogP contribution >= 0.6 is 0 Å². The molecular weight excluding hydrogens is 244 g/mol. The van der Waals surface area contributed by atoms with Crippen LogP contribution in [0.5, 0.6) is 0 Å². The number of hydrogen-bond acceptors (Lipinski definition) is 7. The molecule has 1 aliphatic rings. The summed E-state index contributed by atoms with van der Waals surface area (Å²) in [4.78, 5) is 32.4. The van der Waals surface area contributed by atoms with Gasteiger partial charge in [-0.1, -0.05) is 0 Å². The van der Waals surface area contributed by atoms with Crippen molar-refractivity contribution in [2.75, 3.05) is 6.61 Å². The minimum absolute atomic E-state index is 0.0326. The lowest BCUT2D eigenvalue weighted by Crippen LogP contribution is -2.30. The maximum atomic E-state index is 10.9. The van der Waals surface area contributed by atoms with Crippen molar-refractivity contribution in [1.29, 1.82) is 0 Å². The molecule has 0 spiro atoms. The Morgan fingerprint density at radius 3 is 2.17 bits per heavy atom. The van der Waals surface area contributed by atoms with Gasteiger partial charge in [0.15, 0.2) is 6.10 Å². The van der Waals surface area contributed by atoms with Crippen molar-refractivity contribution < 1.29 is 33.3 Å². The van der Waals surface area contributed by atoms with Crippen LogP contribution < -0.4 is 0 Å². The number of esters is 3. The Labute approximate surface area is 104 Å². The van der Waals surface area contributed by atoms with Gasteiger partial charge in [0.2, 0.25) is 6.29 Å². The van der Waals surface area contributed by atoms with Crippen molar-refractivity contribution in [3.63, 3.8) is 0 Å². The van der Waals surface area contributed by atoms with Crippen LogP contribution in [0.3, 0.4) is 0 Å². The summed E-state index contributed by atoms with van der Waals surface area (Å²) in [6, 6.07) is 0. The molecule has 18 heavy (non-hydrogen) atoms. The molecule has 0 amide bonds. The summed E-state index contributed by atoms with van der Waals surface area (Å²) < 4.78 is 20.0. The summed E-state index contributed by atoms with van der Waals surface area (Å²) in [6.45, 7) is 3.80. The Morgan fingerprint density at radius 2 is 1.67 bits per heavy atom. The number of ether oxygens (including phenoxy) is 4. The van der Waals surface area contributed by atoms with Crippen LogP contribution in [-0.2, 0) is 33.3 Å². The van der Waals surface area contributed by atoms with Crippen LogP contribution in [0.15, 0.2) is 0 Å². The van der Waals surface area contributed by atoms with Crippen LogP contribution in [0.4, 0.5) is 0 Å². The molecule has 0 aliphatic carbocycles. The van der Waals surface area contributed by atoms with E-state index in [1.54, 1.807) is 0 Å². The Balaban J connectivity index is 2.54. The molecule has 0 radical (unpaired) electrons. The lowest BCUT2D eigenvalue weighted by Gasteiger charge is -2.17. The molecule has 3 atom stereocenters. The van der Waals surface area contributed by atoms with Gasteiger partial charge < -0.3 is 18.9 Å². The zero-order chi connectivity index (χ0) is 13.7. The topological polar surface area (TPSA) is 88.1 Å². The molecule has 1 saturated heterocycles. The van der Waals surface area contributed by atoms with E-state index in [0.717, 1.165) is 0 Å². The van der Waals surface area contributed by atoms with Gasteiger partial charge in [0.25, 0.3) is 0 Å². The van der Waals surface area contributed by atoms with Crippen LogP contribution in [0, 0.1) is 0 Å². The molecule has 0 N–H and O–H groups in total. The summed E-state index contributed by atoms with van der Waals surface area (Å²) in [5.74, 6) is -1.46. The monoisotopic (exact) mass is 260 g/mol. The van der Waals surface area contributed by atoms with Gasteiger partial charge in [-0.25, -0.2) is 0 Å². The minimum Gasteiger partial charge on any atom is -0.463 e. The van der Waals surface area contributed by atoms with E-state index in [4.69, 9.17) is 18.9 Å². The van der Waals surface area contributed by atoms with E-state index in [-0.39, 0.29) is 6.61 Å². The van der Waals surface area contributed by atoms with E-state index in [2.05, 4.69) is 0 Å². The van der Waals surface area contributed by atoms with Gasteiger partial charge in [-0.15, -0.1) is 0 Å². The van der Waals surface area contributed by atoms with Gasteiger partial charge in [-0.3, -0.25) is 14.4 Å². The normalized spacial score (nSPS) is 26.5. The Hall–Kier alpha value is -1.63. The van der Waals surface area contributed by atoms with Gasteiger partial charge in [0, 0.05) is 27.2 Å². The fourth-order valence-electron chi connectivity index (χ4n) is 1.60. The van der Waals surface area contributed by atoms with Gasteiger partial charge in [-0.05, 0) is 0 Å². The Kier molecular flexibility index (Phi) is 5.08. The van der Waals surface area contributed by atoms with E-state index in [1.165, 1.54) is 20.8 Å². The first-order valence-electron chi connectivity index (χ1n) is 5.51. The molecule has 102 valence electrons. The summed E-state index contributed by atoms with van der Waals surface area (Å²) in [7, 11) is 0. The first-order chi connectivity index (χ1) is 8.38. The van der Waals surface area contributed by atoms with Crippen LogP contribution in [0.1, 0.15) is 27.2 Å². The van der Waals surface area contributed by atoms with Crippen molar-refractivity contribution in [2.24, 2.45) is 0 Å². The summed E-state index contributed by atoms with van der Waals surface area (Å²) >= 11 is 0. The van der Waals surface area contributed by atoms with Gasteiger partial charge in [0.05, 0.1) is 6.10 Å². The molecule has 7 nitrogen and oxygen atoms in total. The number of carbonyl (C=O) groups excluding carboxylic acids is 3. The van der Waals surface area contributed by atoms with E-state index in [1.807, 2.05) is 0 Å². The summed E-state index contributed by atoms with van der Waals surface area (Å²) in [6.07, 6.45) is -1.77. The average Bonchev–Trinajstić information content (AvgIpc) is 2.56. The third-order valence-electron chi connectivity index (χ3n) is 2.20. The zero-order valence-electron chi connectivity index (χ0n) is 10.5. The lowest BCUT2D eigenvalue weighted by molar-refractivity contribution is -0.196. The second-order valence-electron chi connectivity index (χ2n) is 3.92. The molecule has 2 unspecified atom stereocenters. The smallest absolute Gasteiger partial charge is 0.305 e. The first-order valence-corrected chi connectivity index (χ1v) is 5.51. The lowest BCUT2D eigenvalue weighted by atomic mass is 10.2. The molecule has 1 fully saturated rings. The van der Waals surface area contributed by atoms with Crippen molar-refractivity contribution >= 4 is 17.9 Å². The highest BCUT2D eigenvalue weighted by atomic mass is 16.7. The predicted molar refractivity (Wildman–Crippen MR) is 57.2 cm³/mol. The molecular formula is C11H16O7. The molecule has 7 heteroatoms. The second-order valence-corrected chi connectivity index (χ2v) is 3.92. The molecule has 0 aromatic carbocycles. The van der Waals surface area contributed by atoms with E-state index >= 15 is 0 Å². The second kappa shape index (κ2) is 6.34. The molecule has 0 aromatic heterocycles. The number of carbonyl (C=O) groups is 3. The summed E-state index contributed by atoms with van der Waals surface area (Å²) in [5, 5.41) is 0. The molecule has 0 bridgehead atoms. The standard InChI is InChI=1S/C11H16O7/c1-6(12)15-5-9-4-10(16-7(2)13)11(18-9)17-8(3)14/h9-11H,4-5H2,1-3H3/t9-,10?,11?/m0/s1. The highest BCUT2D eigenvalue weighted by molar-refractivity contribution is 5.67. The highest BCUT2D eigenvalue weighted by Gasteiger charge is 2.40. The highest BCUT2D eigenvalue weighted by Crippen LogP contribution is 2.24. The predicted octanol–water partition coefficient (Wildman–Crippen LogP) is 0.159. The molecule has 1 heterocycles. The zero-order valence-corrected chi connectivity index (χ0v) is 10.5. The largest absolute Gasteiger partial charge is 0.463 e. The Bertz CT molecular complexity index is 314. The van der Waals surface area contributed by atoms with E-state index < -0.39 is 36.4 Å². The maximum Gasteiger partial charge on any atom is 0.305 e. The maximum absolute atomic E-state index is 10.9. The third kappa shape index (κ3) is 4.70. The van der Waals surface area contributed by atoms with Gasteiger partial charge >= 0.3 is 17.9 Å². The first kappa shape index (κ1) is 14.4. The molecule has 1 aliphatic heterocycles. The van der Waals surface area contributed by atoms with Crippen molar-refractivity contribution in [3.05, 3.63) is 0 Å². The van der Waals surface area contributed by atoms with Crippen molar-refractivity contribution in [1.82, 2.24) is 0 Å². The number of hydrogen-bond donors (Lipinski definition) is 0. The quantitative estimate of drug-likeness (QED) is 0.525. The fourth-order valence-corrected chi connectivity index (χ4v) is 1.60. The van der Waals surface area contributed by atoms with E-state index in [9.17, 15) is 14.4 Å². The molecule has 0 aromatic rings. The number of rotatable bonds is 4. The Morgan fingerprint density at radius 1 is 1.06 bits per heavy atom. The van der Waals surface area contributed by atoms with E-state index in [0.29, 0.717) is 6.42 Å².